The molecular formula is C12H8F3NO3. The smallest absolute Gasteiger partial charge is 0.292 e. The number of nitrogens with zero attached hydrogens (tertiary/aromatic N) is 1. The van der Waals surface area contributed by atoms with Crippen molar-refractivity contribution in [3.05, 3.63) is 42.2 Å². The van der Waals surface area contributed by atoms with Crippen molar-refractivity contribution in [2.24, 2.45) is 0 Å². The summed E-state index contributed by atoms with van der Waals surface area (Å²) in [4.78, 5) is 23.4. The van der Waals surface area contributed by atoms with Crippen molar-refractivity contribution >= 4 is 16.7 Å². The minimum absolute atomic E-state index is 0.0419. The van der Waals surface area contributed by atoms with Crippen LogP contribution in [0.15, 0.2) is 36.7 Å². The van der Waals surface area contributed by atoms with E-state index in [2.05, 4.69) is 14.8 Å². The van der Waals surface area contributed by atoms with Crippen LogP contribution < -0.4 is 0 Å². The molecule has 0 bridgehead atoms. The molecule has 1 aromatic carbocycles. The van der Waals surface area contributed by atoms with Crippen LogP contribution in [0.4, 0.5) is 13.2 Å². The van der Waals surface area contributed by atoms with Gasteiger partial charge in [-0.3, -0.25) is 9.87 Å². The molecule has 0 aliphatic heterocycles. The third kappa shape index (κ3) is 3.41. The van der Waals surface area contributed by atoms with Gasteiger partial charge in [-0.1, -0.05) is 24.3 Å². The third-order valence-electron chi connectivity index (χ3n) is 2.25. The predicted octanol–water partition coefficient (Wildman–Crippen LogP) is 2.89. The van der Waals surface area contributed by atoms with Crippen molar-refractivity contribution in [2.75, 3.05) is 6.61 Å². The van der Waals surface area contributed by atoms with E-state index in [1.54, 1.807) is 24.3 Å². The predicted molar refractivity (Wildman–Crippen MR) is 59.2 cm³/mol. The summed E-state index contributed by atoms with van der Waals surface area (Å²) in [6.45, 7) is -1.66. The van der Waals surface area contributed by atoms with Crippen molar-refractivity contribution in [1.82, 2.24) is 4.98 Å². The Morgan fingerprint density at radius 3 is 2.68 bits per heavy atom. The van der Waals surface area contributed by atoms with Crippen molar-refractivity contribution in [1.29, 1.82) is 0 Å². The van der Waals surface area contributed by atoms with E-state index >= 15 is 0 Å². The molecule has 0 aliphatic rings. The van der Waals surface area contributed by atoms with Gasteiger partial charge in [0, 0.05) is 17.8 Å². The van der Waals surface area contributed by atoms with Crippen molar-refractivity contribution in [3.63, 3.8) is 0 Å². The minimum atomic E-state index is -4.56. The lowest BCUT2D eigenvalue weighted by molar-refractivity contribution is -0.302. The zero-order chi connectivity index (χ0) is 13.9. The summed E-state index contributed by atoms with van der Waals surface area (Å²) in [6, 6.07) is 6.79. The summed E-state index contributed by atoms with van der Waals surface area (Å²) in [5, 5.41) is 1.20. The molecular weight excluding hydrogens is 263 g/mol. The molecule has 2 aromatic rings. The van der Waals surface area contributed by atoms with Gasteiger partial charge in [0.25, 0.3) is 0 Å². The van der Waals surface area contributed by atoms with Gasteiger partial charge in [0.1, 0.15) is 0 Å². The monoisotopic (exact) mass is 271 g/mol. The number of hydrogen-bond acceptors (Lipinski definition) is 4. The zero-order valence-corrected chi connectivity index (χ0v) is 9.48. The molecule has 0 radical (unpaired) electrons. The molecule has 0 atom stereocenters. The lowest BCUT2D eigenvalue weighted by Gasteiger charge is -2.07. The lowest BCUT2D eigenvalue weighted by Crippen LogP contribution is -2.19. The van der Waals surface area contributed by atoms with Gasteiger partial charge in [-0.2, -0.15) is 18.1 Å². The maximum atomic E-state index is 11.8. The number of aromatic nitrogens is 1. The van der Waals surface area contributed by atoms with Crippen LogP contribution in [-0.4, -0.2) is 23.7 Å². The summed E-state index contributed by atoms with van der Waals surface area (Å²) in [6.07, 6.45) is -1.82. The Bertz CT molecular complexity index is 593. The second-order valence-corrected chi connectivity index (χ2v) is 3.66. The van der Waals surface area contributed by atoms with Gasteiger partial charge < -0.3 is 0 Å². The Balaban J connectivity index is 2.14. The average molecular weight is 271 g/mol. The molecule has 0 amide bonds. The van der Waals surface area contributed by atoms with E-state index in [4.69, 9.17) is 0 Å². The summed E-state index contributed by atoms with van der Waals surface area (Å²) in [7, 11) is 0. The van der Waals surface area contributed by atoms with Gasteiger partial charge in [-0.25, -0.2) is 4.79 Å². The molecule has 0 unspecified atom stereocenters. The topological polar surface area (TPSA) is 48.4 Å². The number of hydrogen-bond donors (Lipinski definition) is 0. The van der Waals surface area contributed by atoms with Crippen molar-refractivity contribution in [2.45, 2.75) is 6.18 Å². The highest BCUT2D eigenvalue weighted by atomic mass is 19.4. The number of pyridine rings is 1. The number of benzene rings is 1. The van der Waals surface area contributed by atoms with E-state index in [0.29, 0.717) is 10.8 Å². The Labute approximate surface area is 105 Å². The molecule has 0 spiro atoms. The summed E-state index contributed by atoms with van der Waals surface area (Å²) < 4.78 is 35.5. The van der Waals surface area contributed by atoms with Crippen LogP contribution in [0.5, 0.6) is 0 Å². The van der Waals surface area contributed by atoms with Crippen LogP contribution in [0.25, 0.3) is 10.8 Å². The summed E-state index contributed by atoms with van der Waals surface area (Å²) in [5.74, 6) is -1.02. The second-order valence-electron chi connectivity index (χ2n) is 3.66. The van der Waals surface area contributed by atoms with Crippen molar-refractivity contribution < 1.29 is 27.7 Å². The molecule has 2 rings (SSSR count). The largest absolute Gasteiger partial charge is 0.415 e. The van der Waals surface area contributed by atoms with Crippen LogP contribution >= 0.6 is 0 Å². The first-order valence-corrected chi connectivity index (χ1v) is 5.21. The third-order valence-corrected chi connectivity index (χ3v) is 2.25. The Morgan fingerprint density at radius 1 is 1.21 bits per heavy atom. The van der Waals surface area contributed by atoms with E-state index in [1.165, 1.54) is 12.4 Å². The molecule has 4 nitrogen and oxygen atoms in total. The maximum Gasteiger partial charge on any atom is 0.415 e. The molecule has 0 saturated heterocycles. The number of alkyl halides is 3. The Morgan fingerprint density at radius 2 is 1.95 bits per heavy atom. The van der Waals surface area contributed by atoms with Crippen molar-refractivity contribution in [3.8, 4) is 0 Å². The minimum Gasteiger partial charge on any atom is -0.292 e. The summed E-state index contributed by atoms with van der Waals surface area (Å²) >= 11 is 0. The first-order chi connectivity index (χ1) is 8.97. The highest BCUT2D eigenvalue weighted by Gasteiger charge is 2.29. The Hall–Kier alpha value is -2.15. The fraction of sp³-hybridized carbons (Fsp3) is 0.167. The quantitative estimate of drug-likeness (QED) is 0.636. The molecule has 100 valence electrons. The lowest BCUT2D eigenvalue weighted by atomic mass is 10.1. The van der Waals surface area contributed by atoms with Crippen LogP contribution in [0.3, 0.4) is 0 Å². The van der Waals surface area contributed by atoms with E-state index in [9.17, 15) is 18.0 Å². The van der Waals surface area contributed by atoms with E-state index < -0.39 is 18.8 Å². The van der Waals surface area contributed by atoms with Crippen LogP contribution in [0.1, 0.15) is 10.4 Å². The van der Waals surface area contributed by atoms with Gasteiger partial charge in [-0.05, 0) is 5.39 Å². The molecule has 0 fully saturated rings. The fourth-order valence-electron chi connectivity index (χ4n) is 1.47. The standard InChI is InChI=1S/C12H8F3NO3/c13-12(14,15)7-18-19-11(17)10-6-16-5-8-3-1-2-4-9(8)10/h1-6H,7H2. The molecule has 1 aromatic heterocycles. The maximum absolute atomic E-state index is 11.8. The molecule has 0 aliphatic carbocycles. The molecule has 7 heteroatoms. The summed E-state index contributed by atoms with van der Waals surface area (Å²) in [5.41, 5.74) is 0.0419. The van der Waals surface area contributed by atoms with E-state index in [1.807, 2.05) is 0 Å². The van der Waals surface area contributed by atoms with Crippen LogP contribution in [0, 0.1) is 0 Å². The van der Waals surface area contributed by atoms with Gasteiger partial charge in [0.05, 0.1) is 5.56 Å². The van der Waals surface area contributed by atoms with Crippen LogP contribution in [0.2, 0.25) is 0 Å². The SMILES string of the molecule is O=C(OOCC(F)(F)F)c1cncc2ccccc12. The average Bonchev–Trinajstić information content (AvgIpc) is 2.36. The zero-order valence-electron chi connectivity index (χ0n) is 9.48. The van der Waals surface area contributed by atoms with Gasteiger partial charge in [0.15, 0.2) is 6.61 Å². The number of carbonyl (C=O) groups is 1. The molecule has 0 N–H and O–H groups in total. The number of fused-ring (bicyclic) bond motifs is 1. The van der Waals surface area contributed by atoms with Gasteiger partial charge >= 0.3 is 12.1 Å². The van der Waals surface area contributed by atoms with E-state index in [0.717, 1.165) is 0 Å². The fourth-order valence-corrected chi connectivity index (χ4v) is 1.47. The highest BCUT2D eigenvalue weighted by Crippen LogP contribution is 2.19. The first kappa shape index (κ1) is 13.3. The highest BCUT2D eigenvalue weighted by molar-refractivity contribution is 6.03. The van der Waals surface area contributed by atoms with E-state index in [-0.39, 0.29) is 5.56 Å². The van der Waals surface area contributed by atoms with Gasteiger partial charge in [0.2, 0.25) is 0 Å². The molecule has 19 heavy (non-hydrogen) atoms. The second kappa shape index (κ2) is 5.23. The number of halogens is 3. The number of carbonyl (C=O) groups excluding carboxylic acids is 1. The van der Waals surface area contributed by atoms with Crippen LogP contribution in [-0.2, 0) is 9.78 Å². The Kier molecular flexibility index (Phi) is 3.66. The molecule has 1 heterocycles. The normalized spacial score (nSPS) is 11.5. The number of rotatable bonds is 3. The van der Waals surface area contributed by atoms with Gasteiger partial charge in [-0.15, -0.1) is 0 Å². The molecule has 0 saturated carbocycles. The first-order valence-electron chi connectivity index (χ1n) is 5.21.